The van der Waals surface area contributed by atoms with Crippen molar-refractivity contribution in [1.82, 2.24) is 9.91 Å². The Bertz CT molecular complexity index is 1110. The standard InChI is InChI=1S/C26H33N3O6/c1-16(2)26(31)28(3)15-25(30)29-21(17-8-11-22(33-5)24(12-17)35-7)14-20(27-29)19-10-9-18(32-4)13-23(19)34-6/h8-13,16,21H,14-15H2,1-7H3/t21-/m0/s1. The Kier molecular flexibility index (Phi) is 8.22. The third kappa shape index (κ3) is 5.50. The molecule has 0 aliphatic carbocycles. The molecular weight excluding hydrogens is 450 g/mol. The number of amides is 2. The first kappa shape index (κ1) is 25.9. The monoisotopic (exact) mass is 483 g/mol. The quantitative estimate of drug-likeness (QED) is 0.542. The summed E-state index contributed by atoms with van der Waals surface area (Å²) in [7, 11) is 7.93. The van der Waals surface area contributed by atoms with Gasteiger partial charge in [-0.25, -0.2) is 5.01 Å². The number of carbonyl (C=O) groups excluding carboxylic acids is 2. The average molecular weight is 484 g/mol. The summed E-state index contributed by atoms with van der Waals surface area (Å²) in [5.74, 6) is 1.78. The molecule has 2 aromatic carbocycles. The zero-order valence-corrected chi connectivity index (χ0v) is 21.3. The molecular formula is C26H33N3O6. The van der Waals surface area contributed by atoms with Crippen LogP contribution in [0.3, 0.4) is 0 Å². The molecule has 0 saturated heterocycles. The van der Waals surface area contributed by atoms with Crippen LogP contribution in [0, 0.1) is 5.92 Å². The maximum Gasteiger partial charge on any atom is 0.262 e. The Hall–Kier alpha value is -3.75. The second-order valence-corrected chi connectivity index (χ2v) is 8.53. The van der Waals surface area contributed by atoms with E-state index in [9.17, 15) is 9.59 Å². The van der Waals surface area contributed by atoms with Crippen LogP contribution in [0.1, 0.15) is 37.4 Å². The Labute approximate surface area is 206 Å². The van der Waals surface area contributed by atoms with Crippen molar-refractivity contribution in [1.29, 1.82) is 0 Å². The molecule has 9 heteroatoms. The summed E-state index contributed by atoms with van der Waals surface area (Å²) in [6.45, 7) is 3.52. The summed E-state index contributed by atoms with van der Waals surface area (Å²) >= 11 is 0. The zero-order valence-electron chi connectivity index (χ0n) is 21.3. The van der Waals surface area contributed by atoms with E-state index in [1.54, 1.807) is 61.5 Å². The Balaban J connectivity index is 2.01. The van der Waals surface area contributed by atoms with Gasteiger partial charge in [-0.3, -0.25) is 9.59 Å². The molecule has 0 spiro atoms. The number of benzene rings is 2. The van der Waals surface area contributed by atoms with Crippen molar-refractivity contribution in [3.8, 4) is 23.0 Å². The first-order chi connectivity index (χ1) is 16.7. The third-order valence-corrected chi connectivity index (χ3v) is 5.92. The van der Waals surface area contributed by atoms with Gasteiger partial charge in [0.1, 0.15) is 18.0 Å². The maximum absolute atomic E-state index is 13.4. The molecule has 2 amide bonds. The predicted molar refractivity (Wildman–Crippen MR) is 132 cm³/mol. The molecule has 9 nitrogen and oxygen atoms in total. The highest BCUT2D eigenvalue weighted by atomic mass is 16.5. The smallest absolute Gasteiger partial charge is 0.262 e. The number of likely N-dealkylation sites (N-methyl/N-ethyl adjacent to an activating group) is 1. The highest BCUT2D eigenvalue weighted by Crippen LogP contribution is 2.39. The van der Waals surface area contributed by atoms with Crippen molar-refractivity contribution in [2.45, 2.75) is 26.3 Å². The molecule has 1 heterocycles. The molecule has 35 heavy (non-hydrogen) atoms. The molecule has 1 aliphatic heterocycles. The van der Waals surface area contributed by atoms with Crippen molar-refractivity contribution in [3.05, 3.63) is 47.5 Å². The van der Waals surface area contributed by atoms with Gasteiger partial charge in [0.15, 0.2) is 11.5 Å². The van der Waals surface area contributed by atoms with Gasteiger partial charge < -0.3 is 23.8 Å². The van der Waals surface area contributed by atoms with E-state index < -0.39 is 6.04 Å². The highest BCUT2D eigenvalue weighted by Gasteiger charge is 2.35. The SMILES string of the molecule is COc1ccc(C2=NN(C(=O)CN(C)C(=O)C(C)C)[C@H](c3ccc(OC)c(OC)c3)C2)c(OC)c1. The van der Waals surface area contributed by atoms with Crippen molar-refractivity contribution in [3.63, 3.8) is 0 Å². The molecule has 0 saturated carbocycles. The predicted octanol–water partition coefficient (Wildman–Crippen LogP) is 3.51. The normalized spacial score (nSPS) is 15.0. The van der Waals surface area contributed by atoms with Gasteiger partial charge in [-0.1, -0.05) is 19.9 Å². The lowest BCUT2D eigenvalue weighted by molar-refractivity contribution is -0.142. The van der Waals surface area contributed by atoms with E-state index in [1.807, 2.05) is 24.3 Å². The van der Waals surface area contributed by atoms with Crippen molar-refractivity contribution < 1.29 is 28.5 Å². The number of ether oxygens (including phenoxy) is 4. The lowest BCUT2D eigenvalue weighted by Crippen LogP contribution is -2.40. The van der Waals surface area contributed by atoms with Crippen LogP contribution in [-0.2, 0) is 9.59 Å². The van der Waals surface area contributed by atoms with E-state index in [0.717, 1.165) is 11.1 Å². The lowest BCUT2D eigenvalue weighted by Gasteiger charge is -2.26. The molecule has 2 aromatic rings. The van der Waals surface area contributed by atoms with E-state index in [-0.39, 0.29) is 24.3 Å². The topological polar surface area (TPSA) is 89.9 Å². The number of rotatable bonds is 9. The second kappa shape index (κ2) is 11.1. The molecule has 1 atom stereocenters. The molecule has 0 radical (unpaired) electrons. The molecule has 0 unspecified atom stereocenters. The van der Waals surface area contributed by atoms with Crippen LogP contribution in [0.4, 0.5) is 0 Å². The van der Waals surface area contributed by atoms with Gasteiger partial charge in [-0.2, -0.15) is 5.10 Å². The fraction of sp³-hybridized carbons (Fsp3) is 0.423. The first-order valence-corrected chi connectivity index (χ1v) is 11.3. The van der Waals surface area contributed by atoms with Crippen LogP contribution in [0.2, 0.25) is 0 Å². The summed E-state index contributed by atoms with van der Waals surface area (Å²) in [6.07, 6.45) is 0.450. The van der Waals surface area contributed by atoms with Crippen molar-refractivity contribution in [2.75, 3.05) is 42.0 Å². The molecule has 0 N–H and O–H groups in total. The molecule has 0 bridgehead atoms. The number of hydrogen-bond acceptors (Lipinski definition) is 7. The fourth-order valence-electron chi connectivity index (χ4n) is 4.05. The highest BCUT2D eigenvalue weighted by molar-refractivity contribution is 6.05. The number of hydrogen-bond donors (Lipinski definition) is 0. The molecule has 188 valence electrons. The summed E-state index contributed by atoms with van der Waals surface area (Å²) in [4.78, 5) is 27.2. The minimum Gasteiger partial charge on any atom is -0.497 e. The molecule has 3 rings (SSSR count). The first-order valence-electron chi connectivity index (χ1n) is 11.3. The largest absolute Gasteiger partial charge is 0.497 e. The molecule has 0 aromatic heterocycles. The van der Waals surface area contributed by atoms with Crippen LogP contribution in [0.25, 0.3) is 0 Å². The van der Waals surface area contributed by atoms with Crippen LogP contribution in [0.15, 0.2) is 41.5 Å². The lowest BCUT2D eigenvalue weighted by atomic mass is 9.97. The van der Waals surface area contributed by atoms with Crippen LogP contribution in [-0.4, -0.2) is 69.5 Å². The van der Waals surface area contributed by atoms with Crippen molar-refractivity contribution >= 4 is 17.5 Å². The van der Waals surface area contributed by atoms with Gasteiger partial charge in [0.25, 0.3) is 5.91 Å². The third-order valence-electron chi connectivity index (χ3n) is 5.92. The zero-order chi connectivity index (χ0) is 25.7. The van der Waals surface area contributed by atoms with E-state index in [0.29, 0.717) is 35.1 Å². The molecule has 0 fully saturated rings. The van der Waals surface area contributed by atoms with E-state index in [4.69, 9.17) is 24.0 Å². The van der Waals surface area contributed by atoms with Gasteiger partial charge in [0.05, 0.1) is 40.2 Å². The van der Waals surface area contributed by atoms with Gasteiger partial charge in [-0.05, 0) is 29.8 Å². The van der Waals surface area contributed by atoms with Gasteiger partial charge in [-0.15, -0.1) is 0 Å². The summed E-state index contributed by atoms with van der Waals surface area (Å²) < 4.78 is 21.7. The Morgan fingerprint density at radius 1 is 0.971 bits per heavy atom. The molecule has 1 aliphatic rings. The number of carbonyl (C=O) groups is 2. The number of hydrazone groups is 1. The van der Waals surface area contributed by atoms with E-state index in [2.05, 4.69) is 0 Å². The van der Waals surface area contributed by atoms with Gasteiger partial charge in [0, 0.05) is 31.0 Å². The van der Waals surface area contributed by atoms with Gasteiger partial charge >= 0.3 is 0 Å². The minimum atomic E-state index is -0.397. The Morgan fingerprint density at radius 2 is 1.66 bits per heavy atom. The minimum absolute atomic E-state index is 0.0860. The average Bonchev–Trinajstić information content (AvgIpc) is 3.32. The second-order valence-electron chi connectivity index (χ2n) is 8.53. The van der Waals surface area contributed by atoms with Gasteiger partial charge in [0.2, 0.25) is 5.91 Å². The number of methoxy groups -OCH3 is 4. The van der Waals surface area contributed by atoms with E-state index in [1.165, 1.54) is 9.91 Å². The van der Waals surface area contributed by atoms with Crippen molar-refractivity contribution in [2.24, 2.45) is 11.0 Å². The number of nitrogens with zero attached hydrogens (tertiary/aromatic N) is 3. The van der Waals surface area contributed by atoms with Crippen LogP contribution >= 0.6 is 0 Å². The Morgan fingerprint density at radius 3 is 2.26 bits per heavy atom. The fourth-order valence-corrected chi connectivity index (χ4v) is 4.05. The van der Waals surface area contributed by atoms with Crippen LogP contribution < -0.4 is 18.9 Å². The maximum atomic E-state index is 13.4. The van der Waals surface area contributed by atoms with Crippen LogP contribution in [0.5, 0.6) is 23.0 Å². The summed E-state index contributed by atoms with van der Waals surface area (Å²) in [5, 5.41) is 6.15. The summed E-state index contributed by atoms with van der Waals surface area (Å²) in [6, 6.07) is 10.6. The van der Waals surface area contributed by atoms with E-state index >= 15 is 0 Å². The summed E-state index contributed by atoms with van der Waals surface area (Å²) in [5.41, 5.74) is 2.29.